The summed E-state index contributed by atoms with van der Waals surface area (Å²) >= 11 is 5.54. The lowest BCUT2D eigenvalue weighted by molar-refractivity contribution is -0.141. The largest absolute Gasteiger partial charge is 0.481 e. The second-order valence-corrected chi connectivity index (χ2v) is 5.18. The maximum absolute atomic E-state index is 13.2. The highest BCUT2D eigenvalue weighted by Gasteiger charge is 2.30. The van der Waals surface area contributed by atoms with Gasteiger partial charge in [-0.25, -0.2) is 9.18 Å². The Bertz CT molecular complexity index is 538. The van der Waals surface area contributed by atoms with Crippen LogP contribution in [0, 0.1) is 11.7 Å². The molecule has 1 aromatic carbocycles. The standard InChI is InChI=1S/C13H14ClFN2O3/c14-10-4-3-9(6-11(10)15)17-13(20)16-8-2-1-7(5-8)12(18)19/h3-4,6-8H,1-2,5H2,(H,18,19)(H2,16,17,20). The van der Waals surface area contributed by atoms with Crippen LogP contribution in [-0.2, 0) is 4.79 Å². The number of benzene rings is 1. The van der Waals surface area contributed by atoms with Crippen molar-refractivity contribution >= 4 is 29.3 Å². The molecule has 1 fully saturated rings. The molecule has 1 aliphatic carbocycles. The van der Waals surface area contributed by atoms with Crippen LogP contribution in [0.2, 0.25) is 5.02 Å². The van der Waals surface area contributed by atoms with E-state index in [1.807, 2.05) is 0 Å². The first-order valence-corrected chi connectivity index (χ1v) is 6.59. The number of rotatable bonds is 3. The number of carboxylic acids is 1. The van der Waals surface area contributed by atoms with Crippen LogP contribution >= 0.6 is 11.6 Å². The SMILES string of the molecule is O=C(Nc1ccc(Cl)c(F)c1)NC1CCC(C(=O)O)C1. The van der Waals surface area contributed by atoms with Crippen LogP contribution in [0.3, 0.4) is 0 Å². The van der Waals surface area contributed by atoms with Crippen molar-refractivity contribution in [3.8, 4) is 0 Å². The molecule has 5 nitrogen and oxygen atoms in total. The minimum absolute atomic E-state index is 0.0175. The van der Waals surface area contributed by atoms with Crippen LogP contribution in [0.1, 0.15) is 19.3 Å². The number of carboxylic acid groups (broad SMARTS) is 1. The lowest BCUT2D eigenvalue weighted by Gasteiger charge is -2.13. The Labute approximate surface area is 120 Å². The molecule has 1 saturated carbocycles. The molecule has 108 valence electrons. The summed E-state index contributed by atoms with van der Waals surface area (Å²) in [6.45, 7) is 0. The van der Waals surface area contributed by atoms with E-state index in [0.717, 1.165) is 6.07 Å². The van der Waals surface area contributed by atoms with Crippen LogP contribution in [-0.4, -0.2) is 23.1 Å². The Morgan fingerprint density at radius 2 is 2.10 bits per heavy atom. The van der Waals surface area contributed by atoms with E-state index in [1.54, 1.807) is 0 Å². The van der Waals surface area contributed by atoms with Crippen molar-refractivity contribution in [2.24, 2.45) is 5.92 Å². The molecule has 0 aromatic heterocycles. The Morgan fingerprint density at radius 1 is 1.35 bits per heavy atom. The van der Waals surface area contributed by atoms with Crippen molar-refractivity contribution in [1.29, 1.82) is 0 Å². The lowest BCUT2D eigenvalue weighted by atomic mass is 10.1. The number of urea groups is 1. The quantitative estimate of drug-likeness (QED) is 0.803. The fourth-order valence-corrected chi connectivity index (χ4v) is 2.38. The number of nitrogens with one attached hydrogen (secondary N) is 2. The highest BCUT2D eigenvalue weighted by atomic mass is 35.5. The molecule has 2 unspecified atom stereocenters. The van der Waals surface area contributed by atoms with Crippen LogP contribution in [0.5, 0.6) is 0 Å². The van der Waals surface area contributed by atoms with Crippen LogP contribution in [0.4, 0.5) is 14.9 Å². The van der Waals surface area contributed by atoms with E-state index in [1.165, 1.54) is 12.1 Å². The third kappa shape index (κ3) is 3.60. The van der Waals surface area contributed by atoms with Gasteiger partial charge in [0.1, 0.15) is 5.82 Å². The predicted molar refractivity (Wildman–Crippen MR) is 72.3 cm³/mol. The highest BCUT2D eigenvalue weighted by molar-refractivity contribution is 6.30. The van der Waals surface area contributed by atoms with Gasteiger partial charge in [0.2, 0.25) is 0 Å². The normalized spacial score (nSPS) is 21.5. The number of halogens is 2. The number of hydrogen-bond donors (Lipinski definition) is 3. The minimum Gasteiger partial charge on any atom is -0.481 e. The molecule has 2 rings (SSSR count). The summed E-state index contributed by atoms with van der Waals surface area (Å²) < 4.78 is 13.2. The smallest absolute Gasteiger partial charge is 0.319 e. The summed E-state index contributed by atoms with van der Waals surface area (Å²) in [5.74, 6) is -1.86. The first-order chi connectivity index (χ1) is 9.45. The Hall–Kier alpha value is -1.82. The van der Waals surface area contributed by atoms with Gasteiger partial charge in [0, 0.05) is 11.7 Å². The molecule has 0 radical (unpaired) electrons. The maximum Gasteiger partial charge on any atom is 0.319 e. The lowest BCUT2D eigenvalue weighted by Crippen LogP contribution is -2.36. The molecule has 1 aromatic rings. The number of aliphatic carboxylic acids is 1. The minimum atomic E-state index is -0.838. The second-order valence-electron chi connectivity index (χ2n) is 4.77. The van der Waals surface area contributed by atoms with Crippen LogP contribution in [0.25, 0.3) is 0 Å². The molecule has 2 atom stereocenters. The van der Waals surface area contributed by atoms with Gasteiger partial charge in [-0.15, -0.1) is 0 Å². The molecule has 0 bridgehead atoms. The van der Waals surface area contributed by atoms with E-state index in [0.29, 0.717) is 19.3 Å². The molecule has 1 aliphatic rings. The highest BCUT2D eigenvalue weighted by Crippen LogP contribution is 2.25. The van der Waals surface area contributed by atoms with Crippen molar-refractivity contribution < 1.29 is 19.1 Å². The summed E-state index contributed by atoms with van der Waals surface area (Å²) in [5.41, 5.74) is 0.289. The molecular weight excluding hydrogens is 287 g/mol. The number of anilines is 1. The molecule has 2 amide bonds. The number of carbonyl (C=O) groups excluding carboxylic acids is 1. The predicted octanol–water partition coefficient (Wildman–Crippen LogP) is 2.85. The van der Waals surface area contributed by atoms with Crippen molar-refractivity contribution in [1.82, 2.24) is 5.32 Å². The van der Waals surface area contributed by atoms with E-state index < -0.39 is 23.7 Å². The van der Waals surface area contributed by atoms with Gasteiger partial charge in [-0.1, -0.05) is 11.6 Å². The molecule has 0 aliphatic heterocycles. The Morgan fingerprint density at radius 3 is 2.70 bits per heavy atom. The van der Waals surface area contributed by atoms with Crippen molar-refractivity contribution in [2.45, 2.75) is 25.3 Å². The number of amides is 2. The fourth-order valence-electron chi connectivity index (χ4n) is 2.26. The molecule has 3 N–H and O–H groups in total. The second kappa shape index (κ2) is 6.09. The molecule has 20 heavy (non-hydrogen) atoms. The van der Waals surface area contributed by atoms with E-state index in [2.05, 4.69) is 10.6 Å². The van der Waals surface area contributed by atoms with Crippen LogP contribution < -0.4 is 10.6 Å². The molecule has 7 heteroatoms. The molecule has 0 heterocycles. The van der Waals surface area contributed by atoms with Gasteiger partial charge in [0.15, 0.2) is 0 Å². The van der Waals surface area contributed by atoms with Gasteiger partial charge < -0.3 is 15.7 Å². The van der Waals surface area contributed by atoms with Gasteiger partial charge in [-0.3, -0.25) is 4.79 Å². The first kappa shape index (κ1) is 14.6. The van der Waals surface area contributed by atoms with E-state index in [9.17, 15) is 14.0 Å². The average Bonchev–Trinajstić information content (AvgIpc) is 2.82. The first-order valence-electron chi connectivity index (χ1n) is 6.21. The topological polar surface area (TPSA) is 78.4 Å². The fraction of sp³-hybridized carbons (Fsp3) is 0.385. The van der Waals surface area contributed by atoms with Gasteiger partial charge in [-0.05, 0) is 37.5 Å². The molecular formula is C13H14ClFN2O3. The van der Waals surface area contributed by atoms with Gasteiger partial charge >= 0.3 is 12.0 Å². The number of hydrogen-bond acceptors (Lipinski definition) is 2. The zero-order valence-electron chi connectivity index (χ0n) is 10.5. The van der Waals surface area contributed by atoms with Gasteiger partial charge in [0.05, 0.1) is 10.9 Å². The summed E-state index contributed by atoms with van der Waals surface area (Å²) in [7, 11) is 0. The Balaban J connectivity index is 1.87. The van der Waals surface area contributed by atoms with E-state index in [-0.39, 0.29) is 16.8 Å². The summed E-state index contributed by atoms with van der Waals surface area (Å²) in [6.07, 6.45) is 1.59. The summed E-state index contributed by atoms with van der Waals surface area (Å²) in [6, 6.07) is 3.30. The zero-order valence-corrected chi connectivity index (χ0v) is 11.3. The van der Waals surface area contributed by atoms with Gasteiger partial charge in [0.25, 0.3) is 0 Å². The average molecular weight is 301 g/mol. The van der Waals surface area contributed by atoms with Crippen LogP contribution in [0.15, 0.2) is 18.2 Å². The molecule has 0 saturated heterocycles. The number of carbonyl (C=O) groups is 2. The third-order valence-corrected chi connectivity index (χ3v) is 3.60. The summed E-state index contributed by atoms with van der Waals surface area (Å²) in [4.78, 5) is 22.5. The maximum atomic E-state index is 13.2. The molecule has 0 spiro atoms. The van der Waals surface area contributed by atoms with E-state index in [4.69, 9.17) is 16.7 Å². The van der Waals surface area contributed by atoms with Crippen molar-refractivity contribution in [3.05, 3.63) is 29.0 Å². The Kier molecular flexibility index (Phi) is 4.44. The summed E-state index contributed by atoms with van der Waals surface area (Å²) in [5, 5.41) is 14.0. The zero-order chi connectivity index (χ0) is 14.7. The third-order valence-electron chi connectivity index (χ3n) is 3.29. The monoisotopic (exact) mass is 300 g/mol. The van der Waals surface area contributed by atoms with Crippen molar-refractivity contribution in [2.75, 3.05) is 5.32 Å². The van der Waals surface area contributed by atoms with Gasteiger partial charge in [-0.2, -0.15) is 0 Å². The van der Waals surface area contributed by atoms with Crippen molar-refractivity contribution in [3.63, 3.8) is 0 Å². The van der Waals surface area contributed by atoms with E-state index >= 15 is 0 Å².